The maximum absolute atomic E-state index is 10.2. The zero-order valence-electron chi connectivity index (χ0n) is 9.40. The topological polar surface area (TPSA) is 47.9 Å². The fourth-order valence-electron chi connectivity index (χ4n) is 1.50. The Bertz CT molecular complexity index is 465. The predicted octanol–water partition coefficient (Wildman–Crippen LogP) is 2.83. The van der Waals surface area contributed by atoms with Gasteiger partial charge in [0.1, 0.15) is 0 Å². The fourth-order valence-corrected chi connectivity index (χ4v) is 1.98. The van der Waals surface area contributed by atoms with Crippen molar-refractivity contribution in [2.45, 2.75) is 25.5 Å². The molecule has 1 aromatic carbocycles. The van der Waals surface area contributed by atoms with Crippen LogP contribution in [0.15, 0.2) is 21.6 Å². The van der Waals surface area contributed by atoms with Crippen molar-refractivity contribution in [1.29, 1.82) is 0 Å². The van der Waals surface area contributed by atoms with Crippen molar-refractivity contribution < 1.29 is 14.3 Å². The highest BCUT2D eigenvalue weighted by Crippen LogP contribution is 2.39. The average molecular weight is 298 g/mol. The first-order valence-electron chi connectivity index (χ1n) is 5.31. The van der Waals surface area contributed by atoms with E-state index in [2.05, 4.69) is 20.9 Å². The van der Waals surface area contributed by atoms with Gasteiger partial charge in [-0.15, -0.1) is 0 Å². The highest BCUT2D eigenvalue weighted by Gasteiger charge is 2.26. The highest BCUT2D eigenvalue weighted by atomic mass is 79.9. The van der Waals surface area contributed by atoms with E-state index in [0.717, 1.165) is 22.9 Å². The summed E-state index contributed by atoms with van der Waals surface area (Å²) in [5, 5.41) is 0. The molecule has 0 amide bonds. The summed E-state index contributed by atoms with van der Waals surface area (Å²) in [6.45, 7) is 0.251. The van der Waals surface area contributed by atoms with E-state index in [0.29, 0.717) is 11.5 Å². The van der Waals surface area contributed by atoms with Gasteiger partial charge in [0.25, 0.3) is 0 Å². The Morgan fingerprint density at radius 3 is 2.88 bits per heavy atom. The maximum atomic E-state index is 10.2. The van der Waals surface area contributed by atoms with Gasteiger partial charge < -0.3 is 9.47 Å². The molecule has 0 aliphatic heterocycles. The van der Waals surface area contributed by atoms with Gasteiger partial charge in [0, 0.05) is 10.0 Å². The first kappa shape index (κ1) is 12.1. The van der Waals surface area contributed by atoms with Crippen molar-refractivity contribution in [2.75, 3.05) is 7.11 Å². The summed E-state index contributed by atoms with van der Waals surface area (Å²) in [6, 6.07) is 3.72. The Morgan fingerprint density at radius 1 is 1.53 bits per heavy atom. The monoisotopic (exact) mass is 297 g/mol. The van der Waals surface area contributed by atoms with Crippen LogP contribution in [0.1, 0.15) is 18.4 Å². The Kier molecular flexibility index (Phi) is 3.82. The van der Waals surface area contributed by atoms with Crippen LogP contribution in [0.25, 0.3) is 0 Å². The van der Waals surface area contributed by atoms with E-state index in [4.69, 9.17) is 9.47 Å². The standard InChI is InChI=1S/C12H12BrNO3/c1-16-11-5-9(13)4-8(6-14-7-15)12(11)17-10-2-3-10/h4-5,10H,2-3,6H2,1H3. The van der Waals surface area contributed by atoms with Crippen molar-refractivity contribution >= 4 is 22.0 Å². The Labute approximate surface area is 108 Å². The van der Waals surface area contributed by atoms with Crippen molar-refractivity contribution in [3.63, 3.8) is 0 Å². The Hall–Kier alpha value is -1.32. The minimum Gasteiger partial charge on any atom is -0.493 e. The number of methoxy groups -OCH3 is 1. The third kappa shape index (κ3) is 3.08. The van der Waals surface area contributed by atoms with E-state index < -0.39 is 0 Å². The number of nitrogens with zero attached hydrogens (tertiary/aromatic N) is 1. The summed E-state index contributed by atoms with van der Waals surface area (Å²) < 4.78 is 11.9. The lowest BCUT2D eigenvalue weighted by molar-refractivity contribution is 0.279. The molecule has 1 aromatic rings. The number of carbonyl (C=O) groups excluding carboxylic acids is 1. The van der Waals surface area contributed by atoms with Crippen molar-refractivity contribution in [2.24, 2.45) is 4.99 Å². The molecule has 0 spiro atoms. The third-order valence-corrected chi connectivity index (χ3v) is 2.90. The summed E-state index contributed by atoms with van der Waals surface area (Å²) in [7, 11) is 1.59. The molecular weight excluding hydrogens is 286 g/mol. The second-order valence-corrected chi connectivity index (χ2v) is 4.74. The fraction of sp³-hybridized carbons (Fsp3) is 0.417. The van der Waals surface area contributed by atoms with E-state index in [1.807, 2.05) is 12.1 Å². The smallest absolute Gasteiger partial charge is 0.235 e. The molecule has 0 N–H and O–H groups in total. The minimum atomic E-state index is 0.251. The lowest BCUT2D eigenvalue weighted by Gasteiger charge is -2.14. The largest absolute Gasteiger partial charge is 0.493 e. The van der Waals surface area contributed by atoms with Crippen LogP contribution in [-0.4, -0.2) is 19.3 Å². The highest BCUT2D eigenvalue weighted by molar-refractivity contribution is 9.10. The SMILES string of the molecule is COc1cc(Br)cc(CN=C=O)c1OC1CC1. The molecule has 17 heavy (non-hydrogen) atoms. The molecule has 1 aliphatic rings. The van der Waals surface area contributed by atoms with Gasteiger partial charge in [-0.05, 0) is 25.0 Å². The van der Waals surface area contributed by atoms with Crippen LogP contribution in [0.5, 0.6) is 11.5 Å². The quantitative estimate of drug-likeness (QED) is 0.620. The lowest BCUT2D eigenvalue weighted by atomic mass is 10.2. The number of isocyanates is 1. The lowest BCUT2D eigenvalue weighted by Crippen LogP contribution is -2.02. The van der Waals surface area contributed by atoms with Gasteiger partial charge in [-0.2, -0.15) is 0 Å². The molecule has 5 heteroatoms. The molecule has 0 atom stereocenters. The molecule has 0 bridgehead atoms. The van der Waals surface area contributed by atoms with E-state index in [9.17, 15) is 4.79 Å². The number of ether oxygens (including phenoxy) is 2. The number of halogens is 1. The molecule has 4 nitrogen and oxygen atoms in total. The number of hydrogen-bond acceptors (Lipinski definition) is 4. The predicted molar refractivity (Wildman–Crippen MR) is 66.2 cm³/mol. The first-order chi connectivity index (χ1) is 8.24. The second-order valence-electron chi connectivity index (χ2n) is 3.82. The van der Waals surface area contributed by atoms with Gasteiger partial charge in [-0.25, -0.2) is 9.79 Å². The van der Waals surface area contributed by atoms with Crippen molar-refractivity contribution in [3.05, 3.63) is 22.2 Å². The van der Waals surface area contributed by atoms with E-state index in [1.165, 1.54) is 6.08 Å². The summed E-state index contributed by atoms with van der Waals surface area (Å²) >= 11 is 3.39. The molecule has 0 saturated heterocycles. The van der Waals surface area contributed by atoms with Gasteiger partial charge in [0.05, 0.1) is 19.8 Å². The summed E-state index contributed by atoms with van der Waals surface area (Å²) in [4.78, 5) is 13.8. The molecule has 0 heterocycles. The number of aliphatic imine (C=N–C) groups is 1. The molecule has 1 saturated carbocycles. The van der Waals surface area contributed by atoms with Gasteiger partial charge >= 0.3 is 0 Å². The third-order valence-electron chi connectivity index (χ3n) is 2.44. The Morgan fingerprint density at radius 2 is 2.29 bits per heavy atom. The van der Waals surface area contributed by atoms with E-state index in [-0.39, 0.29) is 12.6 Å². The molecule has 0 radical (unpaired) electrons. The molecule has 0 aromatic heterocycles. The van der Waals surface area contributed by atoms with Gasteiger partial charge in [0.15, 0.2) is 11.5 Å². The van der Waals surface area contributed by atoms with Crippen LogP contribution in [0.4, 0.5) is 0 Å². The molecule has 90 valence electrons. The van der Waals surface area contributed by atoms with Gasteiger partial charge in [0.2, 0.25) is 6.08 Å². The van der Waals surface area contributed by atoms with Crippen LogP contribution >= 0.6 is 15.9 Å². The zero-order chi connectivity index (χ0) is 12.3. The second kappa shape index (κ2) is 5.34. The maximum Gasteiger partial charge on any atom is 0.235 e. The molecule has 0 unspecified atom stereocenters. The Balaban J connectivity index is 2.36. The van der Waals surface area contributed by atoms with Crippen LogP contribution in [-0.2, 0) is 11.3 Å². The van der Waals surface area contributed by atoms with Gasteiger partial charge in [-0.1, -0.05) is 15.9 Å². The van der Waals surface area contributed by atoms with Crippen LogP contribution in [0.3, 0.4) is 0 Å². The zero-order valence-corrected chi connectivity index (χ0v) is 11.0. The average Bonchev–Trinajstić information content (AvgIpc) is 3.12. The normalized spacial score (nSPS) is 14.0. The number of hydrogen-bond donors (Lipinski definition) is 0. The van der Waals surface area contributed by atoms with Crippen LogP contribution in [0, 0.1) is 0 Å². The number of rotatable bonds is 5. The van der Waals surface area contributed by atoms with Crippen LogP contribution < -0.4 is 9.47 Å². The van der Waals surface area contributed by atoms with Crippen molar-refractivity contribution in [1.82, 2.24) is 0 Å². The molecule has 1 fully saturated rings. The molecular formula is C12H12BrNO3. The summed E-state index contributed by atoms with van der Waals surface area (Å²) in [6.07, 6.45) is 3.93. The molecule has 1 aliphatic carbocycles. The van der Waals surface area contributed by atoms with Gasteiger partial charge in [-0.3, -0.25) is 0 Å². The summed E-state index contributed by atoms with van der Waals surface area (Å²) in [5.74, 6) is 1.33. The number of benzene rings is 1. The summed E-state index contributed by atoms with van der Waals surface area (Å²) in [5.41, 5.74) is 0.825. The minimum absolute atomic E-state index is 0.251. The molecule has 2 rings (SSSR count). The van der Waals surface area contributed by atoms with E-state index in [1.54, 1.807) is 7.11 Å². The first-order valence-corrected chi connectivity index (χ1v) is 6.10. The van der Waals surface area contributed by atoms with Crippen LogP contribution in [0.2, 0.25) is 0 Å². The van der Waals surface area contributed by atoms with E-state index >= 15 is 0 Å². The van der Waals surface area contributed by atoms with Crippen molar-refractivity contribution in [3.8, 4) is 11.5 Å².